The Labute approximate surface area is 374 Å². The van der Waals surface area contributed by atoms with Gasteiger partial charge in [-0.05, 0) is 114 Å². The molecule has 5 aromatic rings. The van der Waals surface area contributed by atoms with Crippen molar-refractivity contribution >= 4 is 40.5 Å². The van der Waals surface area contributed by atoms with E-state index in [0.717, 1.165) is 106 Å². The molecule has 4 aliphatic heterocycles. The molecule has 1 unspecified atom stereocenters. The molecule has 0 spiro atoms. The topological polar surface area (TPSA) is 112 Å². The van der Waals surface area contributed by atoms with Gasteiger partial charge < -0.3 is 19.3 Å². The van der Waals surface area contributed by atoms with E-state index < -0.39 is 23.8 Å². The maximum atomic E-state index is 13.4. The van der Waals surface area contributed by atoms with Crippen molar-refractivity contribution in [3.05, 3.63) is 160 Å². The van der Waals surface area contributed by atoms with E-state index in [1.807, 2.05) is 24.3 Å². The molecule has 0 bridgehead atoms. The molecule has 0 saturated carbocycles. The molecule has 5 aromatic carbocycles. The molecule has 10 rings (SSSR count). The average molecular weight is 856 g/mol. The number of imide groups is 2. The molecular weight excluding hydrogens is 803 g/mol. The van der Waals surface area contributed by atoms with Crippen LogP contribution in [0.25, 0.3) is 11.1 Å². The summed E-state index contributed by atoms with van der Waals surface area (Å²) < 4.78 is 12.8. The second kappa shape index (κ2) is 18.3. The molecule has 3 fully saturated rings. The Balaban J connectivity index is 0.708. The summed E-state index contributed by atoms with van der Waals surface area (Å²) in [5, 5.41) is 2.26. The molecule has 0 aromatic heterocycles. The van der Waals surface area contributed by atoms with Crippen molar-refractivity contribution in [1.82, 2.24) is 20.0 Å². The Morgan fingerprint density at radius 2 is 1.25 bits per heavy atom. The number of nitrogens with one attached hydrogen (secondary N) is 1. The Morgan fingerprint density at radius 1 is 0.578 bits per heavy atom. The fourth-order valence-electron chi connectivity index (χ4n) is 9.97. The maximum Gasteiger partial charge on any atom is 0.262 e. The first-order chi connectivity index (χ1) is 31.3. The van der Waals surface area contributed by atoms with Gasteiger partial charge in [0.05, 0.1) is 11.1 Å². The highest BCUT2D eigenvalue weighted by Crippen LogP contribution is 2.42. The van der Waals surface area contributed by atoms with Crippen LogP contribution in [0.15, 0.2) is 121 Å². The number of rotatable bonds is 12. The predicted octanol–water partition coefficient (Wildman–Crippen LogP) is 7.24. The van der Waals surface area contributed by atoms with Crippen molar-refractivity contribution < 1.29 is 28.7 Å². The number of aryl methyl sites for hydroxylation is 1. The van der Waals surface area contributed by atoms with Gasteiger partial charge in [0, 0.05) is 64.5 Å². The highest BCUT2D eigenvalue weighted by Gasteiger charge is 2.45. The van der Waals surface area contributed by atoms with Crippen LogP contribution in [0.5, 0.6) is 11.5 Å². The summed E-state index contributed by atoms with van der Waals surface area (Å²) in [5.74, 6) is -0.122. The van der Waals surface area contributed by atoms with E-state index in [9.17, 15) is 19.2 Å². The van der Waals surface area contributed by atoms with Gasteiger partial charge in [-0.3, -0.25) is 34.3 Å². The van der Waals surface area contributed by atoms with E-state index in [1.54, 1.807) is 12.1 Å². The Hall–Kier alpha value is -6.56. The normalized spacial score (nSPS) is 19.7. The summed E-state index contributed by atoms with van der Waals surface area (Å²) in [6, 6.07) is 40.7. The zero-order valence-corrected chi connectivity index (χ0v) is 36.0. The van der Waals surface area contributed by atoms with Gasteiger partial charge in [-0.1, -0.05) is 78.9 Å². The molecule has 1 atom stereocenters. The van der Waals surface area contributed by atoms with Gasteiger partial charge >= 0.3 is 0 Å². The van der Waals surface area contributed by atoms with Crippen LogP contribution in [0.2, 0.25) is 0 Å². The van der Waals surface area contributed by atoms with Crippen molar-refractivity contribution in [3.8, 4) is 11.5 Å². The number of hydrogen-bond acceptors (Lipinski definition) is 9. The molecule has 4 heterocycles. The van der Waals surface area contributed by atoms with Crippen LogP contribution in [-0.4, -0.2) is 103 Å². The van der Waals surface area contributed by atoms with E-state index in [2.05, 4.69) is 105 Å². The predicted molar refractivity (Wildman–Crippen MR) is 246 cm³/mol. The van der Waals surface area contributed by atoms with Crippen molar-refractivity contribution in [2.24, 2.45) is 0 Å². The Bertz CT molecular complexity index is 2580. The molecular formula is C53H53N5O6. The number of carbonyl (C=O) groups is 4. The monoisotopic (exact) mass is 855 g/mol. The summed E-state index contributed by atoms with van der Waals surface area (Å²) in [6.45, 7) is 7.99. The Morgan fingerprint density at radius 3 is 1.98 bits per heavy atom. The third-order valence-corrected chi connectivity index (χ3v) is 13.5. The molecule has 326 valence electrons. The van der Waals surface area contributed by atoms with Gasteiger partial charge in [0.25, 0.3) is 11.8 Å². The zero-order valence-electron chi connectivity index (χ0n) is 36.0. The zero-order chi connectivity index (χ0) is 43.6. The SMILES string of the molecule is O=C1CCC(N2C(=O)c3ccc(N4CCN(CCN5CCC(Oc6ccc(C7=C(c8ccccc8)CCc8cc(OCc9ccccc9)ccc87)cc6)CC5)CC4)cc3C2=O)C(=O)N1. The number of carbonyl (C=O) groups excluding carboxylic acids is 4. The quantitative estimate of drug-likeness (QED) is 0.130. The summed E-state index contributed by atoms with van der Waals surface area (Å²) in [5.41, 5.74) is 10.4. The molecule has 5 aliphatic rings. The second-order valence-corrected chi connectivity index (χ2v) is 17.5. The number of benzene rings is 5. The fourth-order valence-corrected chi connectivity index (χ4v) is 9.97. The van der Waals surface area contributed by atoms with Crippen molar-refractivity contribution in [2.75, 3.05) is 57.3 Å². The number of nitrogens with zero attached hydrogens (tertiary/aromatic N) is 4. The minimum atomic E-state index is -0.964. The molecule has 4 amide bonds. The largest absolute Gasteiger partial charge is 0.490 e. The summed E-state index contributed by atoms with van der Waals surface area (Å²) in [4.78, 5) is 59.0. The second-order valence-electron chi connectivity index (χ2n) is 17.5. The minimum absolute atomic E-state index is 0.100. The molecule has 0 radical (unpaired) electrons. The number of piperidine rings is 2. The van der Waals surface area contributed by atoms with Gasteiger partial charge in [0.15, 0.2) is 0 Å². The molecule has 64 heavy (non-hydrogen) atoms. The lowest BCUT2D eigenvalue weighted by Gasteiger charge is -2.38. The minimum Gasteiger partial charge on any atom is -0.490 e. The first kappa shape index (κ1) is 41.5. The first-order valence-corrected chi connectivity index (χ1v) is 22.8. The van der Waals surface area contributed by atoms with Gasteiger partial charge in [0.2, 0.25) is 11.8 Å². The van der Waals surface area contributed by atoms with Crippen LogP contribution in [-0.2, 0) is 22.6 Å². The van der Waals surface area contributed by atoms with E-state index in [4.69, 9.17) is 9.47 Å². The van der Waals surface area contributed by atoms with Gasteiger partial charge in [-0.15, -0.1) is 0 Å². The summed E-state index contributed by atoms with van der Waals surface area (Å²) in [7, 11) is 0. The molecule has 11 nitrogen and oxygen atoms in total. The van der Waals surface area contributed by atoms with E-state index in [-0.39, 0.29) is 24.9 Å². The van der Waals surface area contributed by atoms with Crippen LogP contribution in [0, 0.1) is 0 Å². The lowest BCUT2D eigenvalue weighted by Crippen LogP contribution is -2.54. The van der Waals surface area contributed by atoms with E-state index >= 15 is 0 Å². The van der Waals surface area contributed by atoms with Crippen LogP contribution < -0.4 is 19.7 Å². The Kier molecular flexibility index (Phi) is 11.8. The van der Waals surface area contributed by atoms with Gasteiger partial charge in [0.1, 0.15) is 30.3 Å². The first-order valence-electron chi connectivity index (χ1n) is 22.8. The number of likely N-dealkylation sites (tertiary alicyclic amines) is 1. The van der Waals surface area contributed by atoms with E-state index in [0.29, 0.717) is 17.7 Å². The molecule has 3 saturated heterocycles. The number of amides is 4. The third kappa shape index (κ3) is 8.70. The smallest absolute Gasteiger partial charge is 0.262 e. The number of anilines is 1. The van der Waals surface area contributed by atoms with Crippen LogP contribution in [0.4, 0.5) is 5.69 Å². The van der Waals surface area contributed by atoms with Crippen molar-refractivity contribution in [1.29, 1.82) is 0 Å². The maximum absolute atomic E-state index is 13.4. The third-order valence-electron chi connectivity index (χ3n) is 13.5. The molecule has 1 N–H and O–H groups in total. The average Bonchev–Trinajstić information content (AvgIpc) is 3.58. The number of fused-ring (bicyclic) bond motifs is 2. The van der Waals surface area contributed by atoms with Crippen LogP contribution in [0.3, 0.4) is 0 Å². The van der Waals surface area contributed by atoms with Crippen molar-refractivity contribution in [2.45, 2.75) is 57.3 Å². The number of allylic oxidation sites excluding steroid dienone is 1. The van der Waals surface area contributed by atoms with E-state index in [1.165, 1.54) is 33.4 Å². The lowest BCUT2D eigenvalue weighted by molar-refractivity contribution is -0.136. The summed E-state index contributed by atoms with van der Waals surface area (Å²) in [6.07, 6.45) is 4.32. The summed E-state index contributed by atoms with van der Waals surface area (Å²) >= 11 is 0. The van der Waals surface area contributed by atoms with Gasteiger partial charge in [-0.25, -0.2) is 0 Å². The highest BCUT2D eigenvalue weighted by atomic mass is 16.5. The van der Waals surface area contributed by atoms with Crippen LogP contribution >= 0.6 is 0 Å². The highest BCUT2D eigenvalue weighted by molar-refractivity contribution is 6.23. The molecule has 11 heteroatoms. The number of hydrogen-bond donors (Lipinski definition) is 1. The lowest BCUT2D eigenvalue weighted by atomic mass is 9.79. The number of ether oxygens (including phenoxy) is 2. The fraction of sp³-hybridized carbons (Fsp3) is 0.321. The van der Waals surface area contributed by atoms with Crippen molar-refractivity contribution in [3.63, 3.8) is 0 Å². The number of piperazine rings is 1. The van der Waals surface area contributed by atoms with Crippen LogP contribution in [0.1, 0.15) is 80.6 Å². The molecule has 1 aliphatic carbocycles. The van der Waals surface area contributed by atoms with Gasteiger partial charge in [-0.2, -0.15) is 0 Å². The standard InChI is InChI=1S/C53H53N5O6/c59-49-22-21-48(51(60)54-49)58-52(61)46-19-14-40(34-47(46)53(58)62)57-31-29-56(30-32-57)28-27-55-25-23-42(24-26-55)64-41-15-11-38(12-16-41)50-44(37-9-5-2-6-10-37)18-13-39-33-43(17-20-45(39)50)63-35-36-7-3-1-4-8-36/h1-12,14-17,19-20,33-34,42,48H,13,18,21-32,35H2,(H,54,59,60).